The average molecular weight is 678 g/mol. The summed E-state index contributed by atoms with van der Waals surface area (Å²) in [4.78, 5) is 30.9. The van der Waals surface area contributed by atoms with Gasteiger partial charge >= 0.3 is 0 Å². The van der Waals surface area contributed by atoms with Gasteiger partial charge in [0.2, 0.25) is 11.8 Å². The fourth-order valence-corrected chi connectivity index (χ4v) is 6.98. The smallest absolute Gasteiger partial charge is 0.264 e. The number of carbonyl (C=O) groups is 2. The zero-order valence-corrected chi connectivity index (χ0v) is 28.9. The monoisotopic (exact) mass is 677 g/mol. The molecule has 4 rings (SSSR count). The summed E-state index contributed by atoms with van der Waals surface area (Å²) in [5.74, 6) is -0.837. The number of hydrogen-bond donors (Lipinski definition) is 1. The molecule has 2 amide bonds. The predicted octanol–water partition coefficient (Wildman–Crippen LogP) is 7.12. The molecule has 0 radical (unpaired) electrons. The van der Waals surface area contributed by atoms with Crippen LogP contribution in [0.5, 0.6) is 0 Å². The van der Waals surface area contributed by atoms with Crippen molar-refractivity contribution in [2.45, 2.75) is 62.0 Å². The zero-order valence-electron chi connectivity index (χ0n) is 26.5. The van der Waals surface area contributed by atoms with Crippen molar-refractivity contribution in [3.63, 3.8) is 0 Å². The number of thioether (sulfide) groups is 1. The van der Waals surface area contributed by atoms with Crippen LogP contribution in [0.4, 0.5) is 5.69 Å². The number of nitrogens with one attached hydrogen (secondary N) is 1. The molecule has 0 aromatic heterocycles. The summed E-state index contributed by atoms with van der Waals surface area (Å²) in [6, 6.07) is 29.1. The van der Waals surface area contributed by atoms with Crippen LogP contribution >= 0.6 is 23.4 Å². The van der Waals surface area contributed by atoms with E-state index in [1.165, 1.54) is 16.7 Å². The van der Waals surface area contributed by atoms with Crippen molar-refractivity contribution in [1.29, 1.82) is 0 Å². The first-order valence-electron chi connectivity index (χ1n) is 15.1. The van der Waals surface area contributed by atoms with Gasteiger partial charge in [-0.3, -0.25) is 13.9 Å². The van der Waals surface area contributed by atoms with Crippen LogP contribution in [0.1, 0.15) is 37.0 Å². The molecule has 1 N–H and O–H groups in total. The minimum atomic E-state index is -4.17. The summed E-state index contributed by atoms with van der Waals surface area (Å²) in [5.41, 5.74) is 2.88. The van der Waals surface area contributed by atoms with E-state index >= 15 is 0 Å². The number of hydrogen-bond acceptors (Lipinski definition) is 5. The Labute approximate surface area is 282 Å². The fourth-order valence-electron chi connectivity index (χ4n) is 4.94. The van der Waals surface area contributed by atoms with Gasteiger partial charge in [0.05, 0.1) is 10.6 Å². The lowest BCUT2D eigenvalue weighted by Crippen LogP contribution is -2.54. The molecule has 10 heteroatoms. The Morgan fingerprint density at radius 2 is 1.54 bits per heavy atom. The lowest BCUT2D eigenvalue weighted by atomic mass is 10.0. The van der Waals surface area contributed by atoms with Gasteiger partial charge in [-0.25, -0.2) is 8.42 Å². The largest absolute Gasteiger partial charge is 0.352 e. The third-order valence-electron chi connectivity index (χ3n) is 7.76. The maximum atomic E-state index is 14.6. The highest BCUT2D eigenvalue weighted by Crippen LogP contribution is 2.27. The van der Waals surface area contributed by atoms with E-state index in [0.29, 0.717) is 22.7 Å². The van der Waals surface area contributed by atoms with Gasteiger partial charge in [0.1, 0.15) is 12.6 Å². The molecule has 4 aromatic rings. The number of nitrogens with zero attached hydrogens (tertiary/aromatic N) is 2. The average Bonchev–Trinajstić information content (AvgIpc) is 3.06. The van der Waals surface area contributed by atoms with Crippen LogP contribution in [-0.2, 0) is 32.6 Å². The molecule has 0 bridgehead atoms. The molecule has 0 aliphatic heterocycles. The Hall–Kier alpha value is -3.79. The van der Waals surface area contributed by atoms with Crippen molar-refractivity contribution in [3.05, 3.63) is 125 Å². The molecule has 0 aliphatic carbocycles. The van der Waals surface area contributed by atoms with Crippen LogP contribution in [-0.4, -0.2) is 50.0 Å². The van der Waals surface area contributed by atoms with Crippen molar-refractivity contribution in [1.82, 2.24) is 10.2 Å². The highest BCUT2D eigenvalue weighted by Gasteiger charge is 2.35. The molecule has 0 unspecified atom stereocenters. The number of halogens is 1. The SMILES string of the molecule is CC[C@H](C)NC(=O)[C@H](Cc1ccccc1)N(Cc1cccc(Cl)c1)C(=O)CN(c1ccc(C)cc1)S(=O)(=O)c1ccc(SC)cc1. The second kappa shape index (κ2) is 16.2. The Balaban J connectivity index is 1.80. The van der Waals surface area contributed by atoms with Crippen molar-refractivity contribution in [3.8, 4) is 0 Å². The molecule has 4 aromatic carbocycles. The molecule has 0 heterocycles. The number of sulfonamides is 1. The second-order valence-corrected chi connectivity index (χ2v) is 14.4. The first kappa shape index (κ1) is 35.1. The van der Waals surface area contributed by atoms with Gasteiger partial charge in [0.25, 0.3) is 10.0 Å². The second-order valence-electron chi connectivity index (χ2n) is 11.2. The standard InChI is InChI=1S/C36H40ClN3O4S2/c1-5-27(3)38-36(42)34(23-28-10-7-6-8-11-28)39(24-29-12-9-13-30(37)22-29)35(41)25-40(31-16-14-26(2)15-17-31)46(43,44)33-20-18-32(45-4)19-21-33/h6-22,27,34H,5,23-25H2,1-4H3,(H,38,42)/t27-,34-/m0/s1. The van der Waals surface area contributed by atoms with Gasteiger partial charge < -0.3 is 10.2 Å². The van der Waals surface area contributed by atoms with Crippen LogP contribution < -0.4 is 9.62 Å². The summed E-state index contributed by atoms with van der Waals surface area (Å²) in [5, 5.41) is 3.54. The predicted molar refractivity (Wildman–Crippen MR) is 188 cm³/mol. The quantitative estimate of drug-likeness (QED) is 0.144. The van der Waals surface area contributed by atoms with E-state index in [2.05, 4.69) is 5.32 Å². The van der Waals surface area contributed by atoms with Crippen molar-refractivity contribution in [2.75, 3.05) is 17.1 Å². The van der Waals surface area contributed by atoms with E-state index in [4.69, 9.17) is 11.6 Å². The van der Waals surface area contributed by atoms with Crippen molar-refractivity contribution < 1.29 is 18.0 Å². The topological polar surface area (TPSA) is 86.8 Å². The van der Waals surface area contributed by atoms with E-state index in [0.717, 1.165) is 20.3 Å². The summed E-state index contributed by atoms with van der Waals surface area (Å²) in [6.07, 6.45) is 2.86. The molecule has 242 valence electrons. The summed E-state index contributed by atoms with van der Waals surface area (Å²) >= 11 is 7.83. The summed E-state index contributed by atoms with van der Waals surface area (Å²) in [6.45, 7) is 5.33. The highest BCUT2D eigenvalue weighted by atomic mass is 35.5. The number of benzene rings is 4. The van der Waals surface area contributed by atoms with E-state index in [-0.39, 0.29) is 29.8 Å². The molecule has 7 nitrogen and oxygen atoms in total. The molecule has 0 saturated carbocycles. The van der Waals surface area contributed by atoms with Gasteiger partial charge in [-0.1, -0.05) is 78.7 Å². The Morgan fingerprint density at radius 3 is 2.15 bits per heavy atom. The normalized spacial score (nSPS) is 12.6. The molecular formula is C36H40ClN3O4S2. The molecular weight excluding hydrogens is 638 g/mol. The molecule has 0 aliphatic rings. The maximum absolute atomic E-state index is 14.6. The van der Waals surface area contributed by atoms with Crippen LogP contribution in [0.3, 0.4) is 0 Å². The molecule has 46 heavy (non-hydrogen) atoms. The summed E-state index contributed by atoms with van der Waals surface area (Å²) in [7, 11) is -4.17. The molecule has 0 fully saturated rings. The Kier molecular flexibility index (Phi) is 12.3. The Bertz CT molecular complexity index is 1720. The maximum Gasteiger partial charge on any atom is 0.264 e. The molecule has 0 saturated heterocycles. The van der Waals surface area contributed by atoms with Gasteiger partial charge in [0.15, 0.2) is 0 Å². The first-order valence-corrected chi connectivity index (χ1v) is 18.2. The van der Waals surface area contributed by atoms with Crippen LogP contribution in [0.15, 0.2) is 113 Å². The van der Waals surface area contributed by atoms with E-state index in [1.807, 2.05) is 63.4 Å². The number of amides is 2. The van der Waals surface area contributed by atoms with Crippen molar-refractivity contribution >= 4 is 50.9 Å². The third-order valence-corrected chi connectivity index (χ3v) is 10.5. The zero-order chi connectivity index (χ0) is 33.3. The van der Waals surface area contributed by atoms with Gasteiger partial charge in [-0.2, -0.15) is 0 Å². The first-order chi connectivity index (χ1) is 22.0. The van der Waals surface area contributed by atoms with Crippen LogP contribution in [0.2, 0.25) is 5.02 Å². The fraction of sp³-hybridized carbons (Fsp3) is 0.278. The Morgan fingerprint density at radius 1 is 0.891 bits per heavy atom. The molecule has 2 atom stereocenters. The third kappa shape index (κ3) is 9.15. The number of aryl methyl sites for hydroxylation is 1. The van der Waals surface area contributed by atoms with Crippen molar-refractivity contribution in [2.24, 2.45) is 0 Å². The summed E-state index contributed by atoms with van der Waals surface area (Å²) < 4.78 is 29.5. The van der Waals surface area contributed by atoms with Gasteiger partial charge in [-0.15, -0.1) is 11.8 Å². The van der Waals surface area contributed by atoms with Crippen LogP contribution in [0.25, 0.3) is 0 Å². The lowest BCUT2D eigenvalue weighted by molar-refractivity contribution is -0.140. The minimum Gasteiger partial charge on any atom is -0.352 e. The van der Waals surface area contributed by atoms with Gasteiger partial charge in [-0.05, 0) is 86.2 Å². The van der Waals surface area contributed by atoms with Gasteiger partial charge in [0, 0.05) is 28.9 Å². The van der Waals surface area contributed by atoms with E-state index in [1.54, 1.807) is 66.7 Å². The number of anilines is 1. The minimum absolute atomic E-state index is 0.0506. The van der Waals surface area contributed by atoms with E-state index < -0.39 is 28.5 Å². The number of rotatable bonds is 14. The number of carbonyl (C=O) groups excluding carboxylic acids is 2. The van der Waals surface area contributed by atoms with Crippen LogP contribution in [0, 0.1) is 6.92 Å². The molecule has 0 spiro atoms. The lowest BCUT2D eigenvalue weighted by Gasteiger charge is -2.34. The highest BCUT2D eigenvalue weighted by molar-refractivity contribution is 7.98. The van der Waals surface area contributed by atoms with E-state index in [9.17, 15) is 18.0 Å².